The van der Waals surface area contributed by atoms with Crippen LogP contribution in [0.1, 0.15) is 26.7 Å². The summed E-state index contributed by atoms with van der Waals surface area (Å²) in [5, 5.41) is 0. The summed E-state index contributed by atoms with van der Waals surface area (Å²) in [5.41, 5.74) is 1.53. The fraction of sp³-hybridized carbons (Fsp3) is 0.556. The van der Waals surface area contributed by atoms with Gasteiger partial charge < -0.3 is 0 Å². The first-order valence-corrected chi connectivity index (χ1v) is 3.71. The van der Waals surface area contributed by atoms with E-state index in [-0.39, 0.29) is 0 Å². The van der Waals surface area contributed by atoms with Gasteiger partial charge in [0.05, 0.1) is 0 Å². The van der Waals surface area contributed by atoms with Gasteiger partial charge in [-0.15, -0.1) is 0 Å². The van der Waals surface area contributed by atoms with Gasteiger partial charge in [-0.05, 0) is 24.3 Å². The van der Waals surface area contributed by atoms with Crippen molar-refractivity contribution in [3.8, 4) is 0 Å². The zero-order chi connectivity index (χ0) is 6.69. The molecule has 0 fully saturated rings. The molecule has 9 heavy (non-hydrogen) atoms. The van der Waals surface area contributed by atoms with Gasteiger partial charge in [-0.25, -0.2) is 0 Å². The van der Waals surface area contributed by atoms with Crippen molar-refractivity contribution >= 4 is 0 Å². The van der Waals surface area contributed by atoms with E-state index in [1.54, 1.807) is 0 Å². The van der Waals surface area contributed by atoms with Crippen molar-refractivity contribution < 1.29 is 0 Å². The van der Waals surface area contributed by atoms with Gasteiger partial charge in [-0.1, -0.05) is 32.1 Å². The molecule has 0 amide bonds. The zero-order valence-electron chi connectivity index (χ0n) is 6.22. The summed E-state index contributed by atoms with van der Waals surface area (Å²) in [4.78, 5) is 0. The van der Waals surface area contributed by atoms with Crippen LogP contribution in [0.5, 0.6) is 0 Å². The van der Waals surface area contributed by atoms with Gasteiger partial charge in [-0.2, -0.15) is 0 Å². The molecule has 0 saturated carbocycles. The zero-order valence-corrected chi connectivity index (χ0v) is 6.22. The molecule has 0 saturated heterocycles. The third-order valence-electron chi connectivity index (χ3n) is 1.98. The van der Waals surface area contributed by atoms with Crippen LogP contribution in [0.4, 0.5) is 0 Å². The summed E-state index contributed by atoms with van der Waals surface area (Å²) >= 11 is 0. The lowest BCUT2D eigenvalue weighted by Gasteiger charge is -2.05. The molecule has 0 aliphatic heterocycles. The van der Waals surface area contributed by atoms with Gasteiger partial charge >= 0.3 is 0 Å². The standard InChI is InChI=1S/C9H14/c1-3-8(2)9-6-4-5-7-9/h4,6-8H,3,5H2,1-2H3. The van der Waals surface area contributed by atoms with E-state index < -0.39 is 0 Å². The first kappa shape index (κ1) is 6.60. The van der Waals surface area contributed by atoms with Crippen LogP contribution >= 0.6 is 0 Å². The van der Waals surface area contributed by atoms with Crippen LogP contribution in [0.25, 0.3) is 0 Å². The lowest BCUT2D eigenvalue weighted by Crippen LogP contribution is -1.91. The van der Waals surface area contributed by atoms with Gasteiger partial charge in [0.25, 0.3) is 0 Å². The minimum absolute atomic E-state index is 0.767. The lowest BCUT2D eigenvalue weighted by atomic mass is 10.0. The maximum Gasteiger partial charge on any atom is -0.0160 e. The summed E-state index contributed by atoms with van der Waals surface area (Å²) < 4.78 is 0. The molecule has 0 spiro atoms. The van der Waals surface area contributed by atoms with E-state index >= 15 is 0 Å². The molecule has 0 nitrogen and oxygen atoms in total. The molecule has 0 bridgehead atoms. The molecule has 0 heterocycles. The Bertz CT molecular complexity index is 140. The molecule has 1 unspecified atom stereocenters. The first-order chi connectivity index (χ1) is 4.34. The smallest absolute Gasteiger partial charge is 0.0160 e. The van der Waals surface area contributed by atoms with Crippen LogP contribution in [-0.2, 0) is 0 Å². The van der Waals surface area contributed by atoms with Crippen molar-refractivity contribution in [2.45, 2.75) is 26.7 Å². The van der Waals surface area contributed by atoms with E-state index in [2.05, 4.69) is 32.1 Å². The van der Waals surface area contributed by atoms with Crippen molar-refractivity contribution in [1.82, 2.24) is 0 Å². The van der Waals surface area contributed by atoms with Gasteiger partial charge in [0.15, 0.2) is 0 Å². The number of hydrogen-bond donors (Lipinski definition) is 0. The molecule has 0 aromatic rings. The van der Waals surface area contributed by atoms with Crippen molar-refractivity contribution in [1.29, 1.82) is 0 Å². The molecule has 1 rings (SSSR count). The maximum atomic E-state index is 2.31. The Hall–Kier alpha value is -0.520. The highest BCUT2D eigenvalue weighted by Crippen LogP contribution is 2.20. The van der Waals surface area contributed by atoms with E-state index in [0.717, 1.165) is 12.3 Å². The van der Waals surface area contributed by atoms with Crippen LogP contribution in [0.3, 0.4) is 0 Å². The molecule has 1 aliphatic carbocycles. The fourth-order valence-electron chi connectivity index (χ4n) is 1.08. The molecular formula is C9H14. The monoisotopic (exact) mass is 122 g/mol. The molecule has 0 radical (unpaired) electrons. The van der Waals surface area contributed by atoms with Crippen molar-refractivity contribution in [2.75, 3.05) is 0 Å². The van der Waals surface area contributed by atoms with Crippen molar-refractivity contribution in [2.24, 2.45) is 5.92 Å². The normalized spacial score (nSPS) is 20.0. The molecule has 0 N–H and O–H groups in total. The fourth-order valence-corrected chi connectivity index (χ4v) is 1.08. The van der Waals surface area contributed by atoms with Crippen LogP contribution in [0.15, 0.2) is 23.8 Å². The van der Waals surface area contributed by atoms with E-state index in [4.69, 9.17) is 0 Å². The maximum absolute atomic E-state index is 2.31. The predicted molar refractivity (Wildman–Crippen MR) is 41.3 cm³/mol. The van der Waals surface area contributed by atoms with Crippen LogP contribution in [0, 0.1) is 5.92 Å². The number of rotatable bonds is 2. The predicted octanol–water partition coefficient (Wildman–Crippen LogP) is 2.92. The highest BCUT2D eigenvalue weighted by molar-refractivity contribution is 5.27. The summed E-state index contributed by atoms with van der Waals surface area (Å²) in [5.74, 6) is 0.767. The molecule has 0 aromatic heterocycles. The van der Waals surface area contributed by atoms with E-state index in [0.29, 0.717) is 0 Å². The van der Waals surface area contributed by atoms with E-state index in [9.17, 15) is 0 Å². The van der Waals surface area contributed by atoms with Crippen LogP contribution < -0.4 is 0 Å². The van der Waals surface area contributed by atoms with Gasteiger partial charge in [0.2, 0.25) is 0 Å². The highest BCUT2D eigenvalue weighted by atomic mass is 14.1. The third kappa shape index (κ3) is 1.44. The lowest BCUT2D eigenvalue weighted by molar-refractivity contribution is 0.671. The Morgan fingerprint density at radius 3 is 2.89 bits per heavy atom. The summed E-state index contributed by atoms with van der Waals surface area (Å²) in [7, 11) is 0. The second-order valence-electron chi connectivity index (χ2n) is 2.65. The van der Waals surface area contributed by atoms with Gasteiger partial charge in [0, 0.05) is 0 Å². The Labute approximate surface area is 57.3 Å². The summed E-state index contributed by atoms with van der Waals surface area (Å²) in [6.45, 7) is 4.51. The Kier molecular flexibility index (Phi) is 2.10. The largest absolute Gasteiger partial charge is 0.0805 e. The van der Waals surface area contributed by atoms with Gasteiger partial charge in [-0.3, -0.25) is 0 Å². The van der Waals surface area contributed by atoms with Crippen LogP contribution in [0.2, 0.25) is 0 Å². The average molecular weight is 122 g/mol. The molecule has 0 heteroatoms. The number of hydrogen-bond acceptors (Lipinski definition) is 0. The first-order valence-electron chi connectivity index (χ1n) is 3.71. The summed E-state index contributed by atoms with van der Waals surface area (Å²) in [6, 6.07) is 0. The van der Waals surface area contributed by atoms with E-state index in [1.807, 2.05) is 0 Å². The van der Waals surface area contributed by atoms with Crippen LogP contribution in [-0.4, -0.2) is 0 Å². The molecular weight excluding hydrogens is 108 g/mol. The highest BCUT2D eigenvalue weighted by Gasteiger charge is 2.04. The number of allylic oxidation sites excluding steroid dienone is 4. The molecule has 1 aliphatic rings. The average Bonchev–Trinajstić information content (AvgIpc) is 2.37. The molecule has 0 aromatic carbocycles. The Balaban J connectivity index is 2.51. The third-order valence-corrected chi connectivity index (χ3v) is 1.98. The second-order valence-corrected chi connectivity index (χ2v) is 2.65. The topological polar surface area (TPSA) is 0 Å². The minimum Gasteiger partial charge on any atom is -0.0805 e. The molecule has 1 atom stereocenters. The quantitative estimate of drug-likeness (QED) is 0.528. The van der Waals surface area contributed by atoms with Crippen molar-refractivity contribution in [3.05, 3.63) is 23.8 Å². The Morgan fingerprint density at radius 1 is 1.67 bits per heavy atom. The molecule has 50 valence electrons. The summed E-state index contributed by atoms with van der Waals surface area (Å²) in [6.07, 6.45) is 9.19. The Morgan fingerprint density at radius 2 is 2.44 bits per heavy atom. The minimum atomic E-state index is 0.767. The SMILES string of the molecule is CCC(C)C1=CCC=C1. The van der Waals surface area contributed by atoms with Crippen molar-refractivity contribution in [3.63, 3.8) is 0 Å². The second kappa shape index (κ2) is 2.86. The van der Waals surface area contributed by atoms with Gasteiger partial charge in [0.1, 0.15) is 0 Å². The van der Waals surface area contributed by atoms with E-state index in [1.165, 1.54) is 12.0 Å².